The average molecular weight is 2100 g/mol. The van der Waals surface area contributed by atoms with Crippen molar-refractivity contribution in [3.8, 4) is 0 Å². The van der Waals surface area contributed by atoms with Crippen molar-refractivity contribution in [3.63, 3.8) is 0 Å². The molecule has 1 fully saturated rings. The van der Waals surface area contributed by atoms with Crippen LogP contribution < -0.4 is 5.73 Å². The summed E-state index contributed by atoms with van der Waals surface area (Å²) in [7, 11) is 0. The molecule has 868 valence electrons. The van der Waals surface area contributed by atoms with Gasteiger partial charge in [0, 0.05) is 26.1 Å². The van der Waals surface area contributed by atoms with Crippen LogP contribution in [0.25, 0.3) is 10.8 Å². The normalized spacial score (nSPS) is 11.7. The Hall–Kier alpha value is -6.73. The number of carboxylic acids is 2. The number of halogens is 5. The summed E-state index contributed by atoms with van der Waals surface area (Å²) in [5.41, 5.74) is 12.6. The van der Waals surface area contributed by atoms with Gasteiger partial charge < -0.3 is 25.8 Å². The number of hydrogen-bond acceptors (Lipinski definition) is 5. The highest BCUT2D eigenvalue weighted by Crippen LogP contribution is 2.32. The van der Waals surface area contributed by atoms with Gasteiger partial charge >= 0.3 is 18.1 Å². The van der Waals surface area contributed by atoms with Crippen LogP contribution in [-0.4, -0.2) is 47.0 Å². The number of benzene rings is 7. The second kappa shape index (κ2) is 104. The zero-order chi connectivity index (χ0) is 117. The fourth-order valence-electron chi connectivity index (χ4n) is 13.1. The van der Waals surface area contributed by atoms with Crippen LogP contribution in [0.4, 0.5) is 22.0 Å². The SMILES string of the molecule is CC(C)C(C)(C)C.CC(C)C(C)C.CC(C)CC(C)C.CC(C)CC1CCCCC1.CC(C)CCC(=O)O.CC(C)CCCC(=O)O.CC(C)CCCCN.CC(C)CCO.CC(C)CCc1ccccc1.CC(C)COCc1ccccc1.CC(C)Cc1ccc2ccccc2c1.CC(C)Cc1ccccc1.CC(C)c1ccc(C(F)(F)F)cc1.CC(C)c1ccc(F)c(F)c1.CCC.CCC(C)C(C)C.CCCCC(C)C. The highest BCUT2D eigenvalue weighted by atomic mass is 19.4. The highest BCUT2D eigenvalue weighted by Gasteiger charge is 2.30. The van der Waals surface area contributed by atoms with Crippen molar-refractivity contribution in [1.82, 2.24) is 0 Å². The first-order valence-corrected chi connectivity index (χ1v) is 58.8. The molecule has 0 spiro atoms. The zero-order valence-corrected chi connectivity index (χ0v) is 105. The second-order valence-corrected chi connectivity index (χ2v) is 48.9. The molecule has 7 nitrogen and oxygen atoms in total. The largest absolute Gasteiger partial charge is 0.481 e. The van der Waals surface area contributed by atoms with Crippen molar-refractivity contribution < 1.29 is 51.6 Å². The number of ether oxygens (including phenoxy) is 1. The standard InChI is InChI=1S/C14H16.C11H16O.C11H16.C10H11F3.C10H20.C10H14.C9H10F2.C7H17N.C7H14O2.4C7H16.C6H12O2.C6H14.C5H12O.C3H8/c1-11(2)9-12-7-8-13-5-3-4-6-14(13)10-12;1-10(2)8-12-9-11-6-4-3-5-7-11;1-10(2)8-9-11-6-4-3-5-7-11;1-7(2)8-3-5-9(6-4-8)10(11,12)13;2*1-9(2)8-10-6-4-3-5-7-10;1-6(2)7-3-4-8(10)9(11)5-7;1-7(2)5-3-4-6-8;1-6(2)4-3-5-7(8)9;1-6(2)7(3,4)5;1-6(2)5-7(3)4;1-5-7(4)6(2)3;1-4-5-6-7(2)3;1-5(2)3-4-6(7)8;1-5(2)6(3)4;1-5(2)3-4-6;1-3-2/h3-8,10-11H,9H2,1-2H3;3-7,10H,8-9H2,1-2H3;3-7,10H,8-9H2,1-2H3;3-7H,1-2H3;9-10H,3-8H2,1-2H3;3-7,9H,8H2,1-2H3;3-6H,1-2H3;7H,3-6,8H2,1-2H3;6H,3-5H2,1-2H3,(H,8,9);6H,1-5H3;2*6-7H,5H2,1-4H3;7H,4-6H2,1-3H3;5H,3-4H2,1-2H3,(H,7,8);5-6H,1-4H3;5-6H,3-4H2,1-2H3;3H2,1-2H3. The lowest BCUT2D eigenvalue weighted by atomic mass is 9.84. The quantitative estimate of drug-likeness (QED) is 0.0227. The van der Waals surface area contributed by atoms with Gasteiger partial charge in [-0.2, -0.15) is 13.2 Å². The lowest BCUT2D eigenvalue weighted by Crippen LogP contribution is -2.12. The molecule has 0 saturated heterocycles. The molecule has 0 amide bonds. The van der Waals surface area contributed by atoms with Crippen molar-refractivity contribution in [2.24, 2.45) is 118 Å². The molecular formula is C137H244F5NO6. The molecule has 12 heteroatoms. The van der Waals surface area contributed by atoms with Crippen LogP contribution in [0.1, 0.15) is 497 Å². The van der Waals surface area contributed by atoms with E-state index in [0.29, 0.717) is 48.5 Å². The summed E-state index contributed by atoms with van der Waals surface area (Å²) in [6.07, 6.45) is 25.7. The third-order valence-corrected chi connectivity index (χ3v) is 24.4. The molecule has 1 aliphatic carbocycles. The molecule has 0 aromatic heterocycles. The van der Waals surface area contributed by atoms with Crippen LogP contribution in [0.3, 0.4) is 0 Å². The van der Waals surface area contributed by atoms with Gasteiger partial charge in [-0.1, -0.05) is 540 Å². The van der Waals surface area contributed by atoms with E-state index in [9.17, 15) is 31.5 Å². The number of aliphatic hydroxyl groups is 1. The molecular weight excluding hydrogens is 1850 g/mol. The van der Waals surface area contributed by atoms with Crippen LogP contribution in [-0.2, 0) is 46.4 Å². The van der Waals surface area contributed by atoms with E-state index in [2.05, 4.69) is 378 Å². The smallest absolute Gasteiger partial charge is 0.416 e. The van der Waals surface area contributed by atoms with Crippen LogP contribution in [0, 0.1) is 124 Å². The first-order chi connectivity index (χ1) is 69.3. The van der Waals surface area contributed by atoms with Gasteiger partial charge in [-0.25, -0.2) is 8.78 Å². The van der Waals surface area contributed by atoms with E-state index in [0.717, 1.165) is 158 Å². The minimum Gasteiger partial charge on any atom is -0.481 e. The first-order valence-electron chi connectivity index (χ1n) is 58.8. The maximum absolute atomic E-state index is 12.6. The number of aryl methyl sites for hydroxylation is 1. The van der Waals surface area contributed by atoms with E-state index in [1.807, 2.05) is 59.7 Å². The summed E-state index contributed by atoms with van der Waals surface area (Å²) in [5.74, 6) is 12.1. The van der Waals surface area contributed by atoms with Crippen LogP contribution in [0.2, 0.25) is 0 Å². The molecule has 1 atom stereocenters. The van der Waals surface area contributed by atoms with Gasteiger partial charge in [0.25, 0.3) is 0 Å². The molecule has 7 aromatic rings. The molecule has 7 aromatic carbocycles. The maximum atomic E-state index is 12.6. The highest BCUT2D eigenvalue weighted by molar-refractivity contribution is 5.83. The minimum absolute atomic E-state index is 0.241. The molecule has 5 N–H and O–H groups in total. The molecule has 0 aliphatic heterocycles. The molecule has 1 unspecified atom stereocenters. The van der Waals surface area contributed by atoms with Crippen LogP contribution in [0.5, 0.6) is 0 Å². The van der Waals surface area contributed by atoms with Crippen molar-refractivity contribution >= 4 is 22.7 Å². The van der Waals surface area contributed by atoms with Gasteiger partial charge in [0.15, 0.2) is 11.6 Å². The van der Waals surface area contributed by atoms with E-state index in [4.69, 9.17) is 25.8 Å². The first kappa shape index (κ1) is 160. The van der Waals surface area contributed by atoms with Crippen LogP contribution in [0.15, 0.2) is 176 Å². The number of rotatable bonds is 36. The summed E-state index contributed by atoms with van der Waals surface area (Å²) >= 11 is 0. The average Bonchev–Trinajstić information content (AvgIpc) is 0.833. The molecule has 0 radical (unpaired) electrons. The van der Waals surface area contributed by atoms with E-state index < -0.39 is 35.3 Å². The Kier molecular flexibility index (Phi) is 112. The Morgan fingerprint density at radius 2 is 0.779 bits per heavy atom. The van der Waals surface area contributed by atoms with E-state index in [-0.39, 0.29) is 11.8 Å². The summed E-state index contributed by atoms with van der Waals surface area (Å²) in [4.78, 5) is 19.9. The molecule has 1 aliphatic rings. The molecule has 0 heterocycles. The lowest BCUT2D eigenvalue weighted by molar-refractivity contribution is -0.138. The molecule has 149 heavy (non-hydrogen) atoms. The number of nitrogens with two attached hydrogens (primary N) is 1. The number of alkyl halides is 3. The fraction of sp³-hybridized carbons (Fsp3) is 0.693. The number of carboxylic acid groups (broad SMARTS) is 2. The van der Waals surface area contributed by atoms with Gasteiger partial charge in [0.2, 0.25) is 0 Å². The lowest BCUT2D eigenvalue weighted by Gasteiger charge is -2.22. The van der Waals surface area contributed by atoms with Gasteiger partial charge in [-0.05, 0) is 263 Å². The summed E-state index contributed by atoms with van der Waals surface area (Å²) in [6.45, 7) is 99.4. The number of carbonyl (C=O) groups is 2. The topological polar surface area (TPSA) is 130 Å². The molecule has 0 bridgehead atoms. The number of fused-ring (bicyclic) bond motifs is 1. The monoisotopic (exact) mass is 2090 g/mol. The van der Waals surface area contributed by atoms with Gasteiger partial charge in [0.05, 0.1) is 12.2 Å². The third-order valence-electron chi connectivity index (χ3n) is 24.4. The van der Waals surface area contributed by atoms with Crippen LogP contribution >= 0.6 is 0 Å². The Bertz CT molecular complexity index is 3910. The predicted molar refractivity (Wildman–Crippen MR) is 655 cm³/mol. The van der Waals surface area contributed by atoms with Gasteiger partial charge in [-0.3, -0.25) is 9.59 Å². The Morgan fingerprint density at radius 3 is 1.09 bits per heavy atom. The maximum Gasteiger partial charge on any atom is 0.416 e. The van der Waals surface area contributed by atoms with E-state index in [1.165, 1.54) is 173 Å². The molecule has 8 rings (SSSR count). The summed E-state index contributed by atoms with van der Waals surface area (Å²) in [6, 6.07) is 56.1. The second-order valence-electron chi connectivity index (χ2n) is 48.9. The Labute approximate surface area is 922 Å². The number of hydrogen-bond donors (Lipinski definition) is 4. The summed E-state index contributed by atoms with van der Waals surface area (Å²) < 4.78 is 66.8. The van der Waals surface area contributed by atoms with Crippen molar-refractivity contribution in [1.29, 1.82) is 0 Å². The summed E-state index contributed by atoms with van der Waals surface area (Å²) in [5, 5.41) is 27.3. The van der Waals surface area contributed by atoms with Crippen molar-refractivity contribution in [2.45, 2.75) is 490 Å². The minimum atomic E-state index is -4.23. The number of aliphatic hydroxyl groups excluding tert-OH is 1. The molecule has 1 saturated carbocycles. The Morgan fingerprint density at radius 1 is 0.383 bits per heavy atom. The third kappa shape index (κ3) is 125. The van der Waals surface area contributed by atoms with E-state index in [1.54, 1.807) is 6.07 Å². The zero-order valence-electron chi connectivity index (χ0n) is 105. The van der Waals surface area contributed by atoms with Crippen molar-refractivity contribution in [2.75, 3.05) is 19.8 Å². The van der Waals surface area contributed by atoms with Crippen molar-refractivity contribution in [3.05, 3.63) is 227 Å². The fourth-order valence-corrected chi connectivity index (χ4v) is 13.1. The number of aliphatic carboxylic acids is 2. The number of unbranched alkanes of at least 4 members (excludes halogenated alkanes) is 2. The van der Waals surface area contributed by atoms with Gasteiger partial charge in [0.1, 0.15) is 0 Å². The van der Waals surface area contributed by atoms with E-state index >= 15 is 0 Å². The Balaban J connectivity index is -0.000000201. The van der Waals surface area contributed by atoms with Gasteiger partial charge in [-0.15, -0.1) is 0 Å². The predicted octanol–water partition coefficient (Wildman–Crippen LogP) is 44.4.